The molecule has 0 amide bonds. The van der Waals surface area contributed by atoms with Gasteiger partial charge in [-0.3, -0.25) is 4.79 Å². The smallest absolute Gasteiger partial charge is 0.316 e. The van der Waals surface area contributed by atoms with Crippen LogP contribution in [0.25, 0.3) is 0 Å². The van der Waals surface area contributed by atoms with Crippen molar-refractivity contribution < 1.29 is 9.90 Å². The van der Waals surface area contributed by atoms with Gasteiger partial charge in [0.15, 0.2) is 0 Å². The molecule has 5 heteroatoms. The number of rotatable bonds is 5. The average molecular weight is 293 g/mol. The molecule has 2 nitrogen and oxygen atoms in total. The van der Waals surface area contributed by atoms with Crippen LogP contribution < -0.4 is 0 Å². The monoisotopic (exact) mass is 292 g/mol. The quantitative estimate of drug-likeness (QED) is 0.877. The van der Waals surface area contributed by atoms with E-state index in [0.29, 0.717) is 15.8 Å². The van der Waals surface area contributed by atoms with E-state index >= 15 is 0 Å². The van der Waals surface area contributed by atoms with Gasteiger partial charge in [0.1, 0.15) is 5.25 Å². The molecule has 1 aromatic carbocycles. The molecule has 1 N–H and O–H groups in total. The number of hydrogen-bond acceptors (Lipinski definition) is 2. The van der Waals surface area contributed by atoms with Crippen molar-refractivity contribution in [1.29, 1.82) is 0 Å². The van der Waals surface area contributed by atoms with E-state index < -0.39 is 11.2 Å². The van der Waals surface area contributed by atoms with Crippen molar-refractivity contribution in [2.45, 2.75) is 24.9 Å². The van der Waals surface area contributed by atoms with Crippen LogP contribution >= 0.6 is 35.0 Å². The van der Waals surface area contributed by atoms with Crippen LogP contribution in [-0.4, -0.2) is 16.3 Å². The van der Waals surface area contributed by atoms with Gasteiger partial charge in [0.25, 0.3) is 0 Å². The fourth-order valence-electron chi connectivity index (χ4n) is 1.38. The highest BCUT2D eigenvalue weighted by Crippen LogP contribution is 2.29. The predicted molar refractivity (Wildman–Crippen MR) is 74.0 cm³/mol. The summed E-state index contributed by atoms with van der Waals surface area (Å²) in [5, 5.41) is 9.87. The van der Waals surface area contributed by atoms with Crippen molar-refractivity contribution in [2.24, 2.45) is 5.92 Å². The minimum atomic E-state index is -0.789. The van der Waals surface area contributed by atoms with Gasteiger partial charge >= 0.3 is 5.97 Å². The molecule has 17 heavy (non-hydrogen) atoms. The highest BCUT2D eigenvalue weighted by molar-refractivity contribution is 7.99. The number of benzene rings is 1. The molecule has 0 aromatic heterocycles. The van der Waals surface area contributed by atoms with Gasteiger partial charge in [0, 0.05) is 15.8 Å². The second-order valence-electron chi connectivity index (χ2n) is 4.05. The van der Waals surface area contributed by atoms with Crippen LogP contribution in [0, 0.1) is 5.92 Å². The minimum Gasteiger partial charge on any atom is -0.480 e. The van der Waals surface area contributed by atoms with Gasteiger partial charge in [0.2, 0.25) is 0 Å². The molecule has 0 saturated heterocycles. The van der Waals surface area contributed by atoms with Crippen LogP contribution in [-0.2, 0) is 10.5 Å². The molecular formula is C12H14Cl2O2S. The number of carboxylic acids is 1. The predicted octanol–water partition coefficient (Wildman–Crippen LogP) is 4.34. The molecule has 0 fully saturated rings. The van der Waals surface area contributed by atoms with Gasteiger partial charge in [-0.05, 0) is 29.7 Å². The minimum absolute atomic E-state index is 0.0791. The molecule has 94 valence electrons. The maximum atomic E-state index is 11.0. The lowest BCUT2D eigenvalue weighted by molar-refractivity contribution is -0.137. The van der Waals surface area contributed by atoms with E-state index in [4.69, 9.17) is 28.3 Å². The molecule has 0 spiro atoms. The van der Waals surface area contributed by atoms with Crippen molar-refractivity contribution in [2.75, 3.05) is 0 Å². The third kappa shape index (κ3) is 4.41. The maximum Gasteiger partial charge on any atom is 0.316 e. The normalized spacial score (nSPS) is 12.8. The highest BCUT2D eigenvalue weighted by atomic mass is 35.5. The zero-order valence-electron chi connectivity index (χ0n) is 9.61. The Morgan fingerprint density at radius 2 is 2.06 bits per heavy atom. The number of aliphatic carboxylic acids is 1. The summed E-state index contributed by atoms with van der Waals surface area (Å²) in [5.74, 6) is -0.159. The number of carbonyl (C=O) groups is 1. The Morgan fingerprint density at radius 3 is 2.59 bits per heavy atom. The second-order valence-corrected chi connectivity index (χ2v) is 6.02. The molecule has 0 radical (unpaired) electrons. The Hall–Kier alpha value is -0.380. The van der Waals surface area contributed by atoms with Gasteiger partial charge in [0.05, 0.1) is 0 Å². The summed E-state index contributed by atoms with van der Waals surface area (Å²) in [5.41, 5.74) is 0.871. The molecule has 0 saturated carbocycles. The van der Waals surface area contributed by atoms with Crippen LogP contribution in [0.2, 0.25) is 10.0 Å². The van der Waals surface area contributed by atoms with Crippen LogP contribution in [0.4, 0.5) is 0 Å². The van der Waals surface area contributed by atoms with Crippen LogP contribution in [0.1, 0.15) is 19.4 Å². The first-order chi connectivity index (χ1) is 7.91. The number of halogens is 2. The Morgan fingerprint density at radius 1 is 1.41 bits per heavy atom. The SMILES string of the molecule is CC(C)C(SCc1cc(Cl)ccc1Cl)C(=O)O. The van der Waals surface area contributed by atoms with Crippen LogP contribution in [0.5, 0.6) is 0 Å². The van der Waals surface area contributed by atoms with E-state index in [9.17, 15) is 4.79 Å². The fourth-order valence-corrected chi connectivity index (χ4v) is 2.97. The summed E-state index contributed by atoms with van der Waals surface area (Å²) < 4.78 is 0. The number of thioether (sulfide) groups is 1. The van der Waals surface area contributed by atoms with Crippen molar-refractivity contribution in [3.63, 3.8) is 0 Å². The molecule has 0 aliphatic heterocycles. The molecule has 1 aromatic rings. The molecular weight excluding hydrogens is 279 g/mol. The van der Waals surface area contributed by atoms with Crippen molar-refractivity contribution in [3.05, 3.63) is 33.8 Å². The zero-order chi connectivity index (χ0) is 13.0. The van der Waals surface area contributed by atoms with E-state index in [-0.39, 0.29) is 5.92 Å². The van der Waals surface area contributed by atoms with Gasteiger partial charge in [-0.2, -0.15) is 0 Å². The van der Waals surface area contributed by atoms with Gasteiger partial charge in [-0.25, -0.2) is 0 Å². The fraction of sp³-hybridized carbons (Fsp3) is 0.417. The Labute approximate surface area is 115 Å². The topological polar surface area (TPSA) is 37.3 Å². The third-order valence-corrected chi connectivity index (χ3v) is 4.46. The molecule has 1 atom stereocenters. The molecule has 1 unspecified atom stereocenters. The number of carboxylic acid groups (broad SMARTS) is 1. The van der Waals surface area contributed by atoms with Crippen molar-refractivity contribution in [1.82, 2.24) is 0 Å². The van der Waals surface area contributed by atoms with E-state index in [1.807, 2.05) is 13.8 Å². The largest absolute Gasteiger partial charge is 0.480 e. The Kier molecular flexibility index (Phi) is 5.63. The summed E-state index contributed by atoms with van der Waals surface area (Å²) in [6.07, 6.45) is 0. The second kappa shape index (κ2) is 6.53. The van der Waals surface area contributed by atoms with E-state index in [2.05, 4.69) is 0 Å². The van der Waals surface area contributed by atoms with Gasteiger partial charge in [-0.1, -0.05) is 37.0 Å². The summed E-state index contributed by atoms with van der Waals surface area (Å²) in [6.45, 7) is 3.79. The van der Waals surface area contributed by atoms with E-state index in [1.54, 1.807) is 18.2 Å². The first kappa shape index (κ1) is 14.7. The molecule has 0 aliphatic rings. The first-order valence-electron chi connectivity index (χ1n) is 5.20. The lowest BCUT2D eigenvalue weighted by Crippen LogP contribution is -2.22. The number of hydrogen-bond donors (Lipinski definition) is 1. The summed E-state index contributed by atoms with van der Waals surface area (Å²) in [4.78, 5) is 11.0. The third-order valence-electron chi connectivity index (χ3n) is 2.28. The standard InChI is InChI=1S/C12H14Cl2O2S/c1-7(2)11(12(15)16)17-6-8-5-9(13)3-4-10(8)14/h3-5,7,11H,6H2,1-2H3,(H,15,16). The summed E-state index contributed by atoms with van der Waals surface area (Å²) >= 11 is 13.3. The lowest BCUT2D eigenvalue weighted by atomic mass is 10.1. The molecule has 0 heterocycles. The van der Waals surface area contributed by atoms with Gasteiger partial charge in [-0.15, -0.1) is 11.8 Å². The maximum absolute atomic E-state index is 11.0. The molecule has 0 bridgehead atoms. The highest BCUT2D eigenvalue weighted by Gasteiger charge is 2.22. The summed E-state index contributed by atoms with van der Waals surface area (Å²) in [6, 6.07) is 5.22. The van der Waals surface area contributed by atoms with Crippen molar-refractivity contribution >= 4 is 40.9 Å². The Bertz CT molecular complexity index is 407. The Balaban J connectivity index is 2.72. The van der Waals surface area contributed by atoms with Crippen LogP contribution in [0.3, 0.4) is 0 Å². The van der Waals surface area contributed by atoms with Crippen LogP contribution in [0.15, 0.2) is 18.2 Å². The van der Waals surface area contributed by atoms with E-state index in [1.165, 1.54) is 11.8 Å². The lowest BCUT2D eigenvalue weighted by Gasteiger charge is -2.16. The summed E-state index contributed by atoms with van der Waals surface area (Å²) in [7, 11) is 0. The van der Waals surface area contributed by atoms with Crippen molar-refractivity contribution in [3.8, 4) is 0 Å². The zero-order valence-corrected chi connectivity index (χ0v) is 11.9. The van der Waals surface area contributed by atoms with E-state index in [0.717, 1.165) is 5.56 Å². The van der Waals surface area contributed by atoms with Gasteiger partial charge < -0.3 is 5.11 Å². The first-order valence-corrected chi connectivity index (χ1v) is 7.00. The average Bonchev–Trinajstić information content (AvgIpc) is 2.22. The molecule has 0 aliphatic carbocycles. The molecule has 1 rings (SSSR count).